The van der Waals surface area contributed by atoms with Gasteiger partial charge in [-0.1, -0.05) is 6.07 Å². The van der Waals surface area contributed by atoms with Crippen molar-refractivity contribution < 1.29 is 24.0 Å². The third-order valence-corrected chi connectivity index (χ3v) is 4.96. The lowest BCUT2D eigenvalue weighted by molar-refractivity contribution is -0.384. The number of hydrogen-bond donors (Lipinski definition) is 1. The van der Waals surface area contributed by atoms with Gasteiger partial charge < -0.3 is 10.1 Å². The van der Waals surface area contributed by atoms with Crippen LogP contribution < -0.4 is 10.2 Å². The van der Waals surface area contributed by atoms with Gasteiger partial charge in [-0.25, -0.2) is 4.90 Å². The number of non-ortho nitro benzene ring substituents is 1. The minimum Gasteiger partial charge on any atom is -0.376 e. The van der Waals surface area contributed by atoms with Gasteiger partial charge in [-0.2, -0.15) is 0 Å². The van der Waals surface area contributed by atoms with Crippen LogP contribution >= 0.6 is 0 Å². The molecule has 0 saturated carbocycles. The molecule has 2 aromatic carbocycles. The molecule has 2 heterocycles. The Balaban J connectivity index is 1.56. The van der Waals surface area contributed by atoms with Crippen LogP contribution in [0.25, 0.3) is 0 Å². The number of ether oxygens (including phenoxy) is 1. The maximum atomic E-state index is 12.7. The zero-order valence-corrected chi connectivity index (χ0v) is 15.3. The third kappa shape index (κ3) is 3.47. The van der Waals surface area contributed by atoms with Crippen molar-refractivity contribution in [2.75, 3.05) is 18.1 Å². The van der Waals surface area contributed by atoms with Crippen LogP contribution in [0.3, 0.4) is 0 Å². The summed E-state index contributed by atoms with van der Waals surface area (Å²) in [6, 6.07) is 9.68. The zero-order valence-electron chi connectivity index (χ0n) is 15.3. The lowest BCUT2D eigenvalue weighted by Crippen LogP contribution is -2.32. The number of nitro groups is 1. The van der Waals surface area contributed by atoms with E-state index in [0.717, 1.165) is 23.8 Å². The number of imide groups is 1. The number of rotatable bonds is 5. The van der Waals surface area contributed by atoms with Crippen LogP contribution in [0.15, 0.2) is 42.5 Å². The van der Waals surface area contributed by atoms with Crippen LogP contribution in [0.5, 0.6) is 0 Å². The molecule has 0 bridgehead atoms. The molecule has 9 heteroatoms. The van der Waals surface area contributed by atoms with Crippen molar-refractivity contribution in [1.29, 1.82) is 0 Å². The fourth-order valence-electron chi connectivity index (χ4n) is 3.48. The van der Waals surface area contributed by atoms with Gasteiger partial charge in [0.1, 0.15) is 0 Å². The molecule has 0 unspecified atom stereocenters. The standard InChI is InChI=1S/C20H17N3O6/c24-18(21-11-15-5-2-8-29-15)12-3-1-4-13(9-12)22-19(25)16-7-6-14(23(27)28)10-17(16)20(22)26/h1,3-4,6-7,9-10,15H,2,5,8,11H2,(H,21,24)/t15-/m1/s1. The number of carbonyl (C=O) groups is 3. The smallest absolute Gasteiger partial charge is 0.270 e. The Morgan fingerprint density at radius 1 is 1.17 bits per heavy atom. The van der Waals surface area contributed by atoms with Crippen molar-refractivity contribution in [3.63, 3.8) is 0 Å². The zero-order chi connectivity index (χ0) is 20.5. The summed E-state index contributed by atoms with van der Waals surface area (Å²) in [5.41, 5.74) is 0.312. The minimum absolute atomic E-state index is 0.00541. The Kier molecular flexibility index (Phi) is 4.81. The fourth-order valence-corrected chi connectivity index (χ4v) is 3.48. The topological polar surface area (TPSA) is 119 Å². The molecular formula is C20H17N3O6. The lowest BCUT2D eigenvalue weighted by Gasteiger charge is -2.15. The van der Waals surface area contributed by atoms with Crippen molar-refractivity contribution in [3.8, 4) is 0 Å². The quantitative estimate of drug-likeness (QED) is 0.471. The summed E-state index contributed by atoms with van der Waals surface area (Å²) >= 11 is 0. The van der Waals surface area contributed by atoms with E-state index in [2.05, 4.69) is 5.32 Å². The Bertz CT molecular complexity index is 1030. The average Bonchev–Trinajstić information content (AvgIpc) is 3.33. The first-order valence-electron chi connectivity index (χ1n) is 9.13. The maximum absolute atomic E-state index is 12.7. The van der Waals surface area contributed by atoms with E-state index in [1.807, 2.05) is 0 Å². The van der Waals surface area contributed by atoms with Gasteiger partial charge in [0.15, 0.2) is 0 Å². The van der Waals surface area contributed by atoms with Crippen LogP contribution in [0.4, 0.5) is 11.4 Å². The van der Waals surface area contributed by atoms with Crippen molar-refractivity contribution in [1.82, 2.24) is 5.32 Å². The van der Waals surface area contributed by atoms with Gasteiger partial charge >= 0.3 is 0 Å². The molecule has 2 aliphatic heterocycles. The van der Waals surface area contributed by atoms with Gasteiger partial charge in [-0.3, -0.25) is 24.5 Å². The Labute approximate surface area is 165 Å². The average molecular weight is 395 g/mol. The van der Waals surface area contributed by atoms with Crippen LogP contribution in [0.2, 0.25) is 0 Å². The second-order valence-corrected chi connectivity index (χ2v) is 6.83. The van der Waals surface area contributed by atoms with E-state index < -0.39 is 16.7 Å². The SMILES string of the molecule is O=C(NC[C@H]1CCCO1)c1cccc(N2C(=O)c3ccc([N+](=O)[O-])cc3C2=O)c1. The van der Waals surface area contributed by atoms with Crippen LogP contribution in [-0.2, 0) is 4.74 Å². The highest BCUT2D eigenvalue weighted by Gasteiger charge is 2.38. The summed E-state index contributed by atoms with van der Waals surface area (Å²) in [7, 11) is 0. The van der Waals surface area contributed by atoms with Crippen LogP contribution in [-0.4, -0.2) is 41.9 Å². The van der Waals surface area contributed by atoms with Gasteiger partial charge in [-0.15, -0.1) is 0 Å². The second kappa shape index (κ2) is 7.44. The minimum atomic E-state index is -0.661. The Morgan fingerprint density at radius 2 is 1.97 bits per heavy atom. The Morgan fingerprint density at radius 3 is 2.69 bits per heavy atom. The first-order chi connectivity index (χ1) is 14.0. The van der Waals surface area contributed by atoms with E-state index in [0.29, 0.717) is 18.7 Å². The Hall–Kier alpha value is -3.59. The van der Waals surface area contributed by atoms with E-state index in [4.69, 9.17) is 4.74 Å². The van der Waals surface area contributed by atoms with Crippen molar-refractivity contribution >= 4 is 29.1 Å². The van der Waals surface area contributed by atoms with E-state index in [1.165, 1.54) is 24.3 Å². The van der Waals surface area contributed by atoms with Crippen molar-refractivity contribution in [2.24, 2.45) is 0 Å². The molecule has 1 N–H and O–H groups in total. The largest absolute Gasteiger partial charge is 0.376 e. The third-order valence-electron chi connectivity index (χ3n) is 4.96. The van der Waals surface area contributed by atoms with Crippen molar-refractivity contribution in [3.05, 3.63) is 69.3 Å². The summed E-state index contributed by atoms with van der Waals surface area (Å²) in [5, 5.41) is 13.8. The first-order valence-corrected chi connectivity index (χ1v) is 9.13. The summed E-state index contributed by atoms with van der Waals surface area (Å²) in [6.45, 7) is 1.08. The lowest BCUT2D eigenvalue weighted by atomic mass is 10.1. The number of benzene rings is 2. The summed E-state index contributed by atoms with van der Waals surface area (Å²) in [5.74, 6) is -1.59. The maximum Gasteiger partial charge on any atom is 0.270 e. The predicted octanol–water partition coefficient (Wildman–Crippen LogP) is 2.30. The number of anilines is 1. The first kappa shape index (κ1) is 18.8. The number of nitrogens with one attached hydrogen (secondary N) is 1. The number of amides is 3. The van der Waals surface area contributed by atoms with Crippen molar-refractivity contribution in [2.45, 2.75) is 18.9 Å². The van der Waals surface area contributed by atoms with E-state index >= 15 is 0 Å². The normalized spacial score (nSPS) is 18.1. The monoisotopic (exact) mass is 395 g/mol. The molecule has 1 saturated heterocycles. The van der Waals surface area contributed by atoms with Gasteiger partial charge in [0, 0.05) is 30.8 Å². The molecule has 1 atom stereocenters. The molecule has 0 aliphatic carbocycles. The number of fused-ring (bicyclic) bond motifs is 1. The van der Waals surface area contributed by atoms with Gasteiger partial charge in [0.2, 0.25) is 0 Å². The van der Waals surface area contributed by atoms with E-state index in [1.54, 1.807) is 12.1 Å². The van der Waals surface area contributed by atoms with Crippen LogP contribution in [0, 0.1) is 10.1 Å². The second-order valence-electron chi connectivity index (χ2n) is 6.83. The van der Waals surface area contributed by atoms with E-state index in [9.17, 15) is 24.5 Å². The summed E-state index contributed by atoms with van der Waals surface area (Å²) in [6.07, 6.45) is 1.85. The van der Waals surface area contributed by atoms with E-state index in [-0.39, 0.29) is 34.5 Å². The molecule has 0 spiro atoms. The molecular weight excluding hydrogens is 378 g/mol. The molecule has 1 fully saturated rings. The highest BCUT2D eigenvalue weighted by atomic mass is 16.6. The summed E-state index contributed by atoms with van der Waals surface area (Å²) < 4.78 is 5.47. The van der Waals surface area contributed by atoms with Gasteiger partial charge in [-0.05, 0) is 37.1 Å². The number of hydrogen-bond acceptors (Lipinski definition) is 6. The van der Waals surface area contributed by atoms with Crippen LogP contribution in [0.1, 0.15) is 43.9 Å². The molecule has 3 amide bonds. The fraction of sp³-hybridized carbons (Fsp3) is 0.250. The molecule has 29 heavy (non-hydrogen) atoms. The van der Waals surface area contributed by atoms with Gasteiger partial charge in [0.05, 0.1) is 27.8 Å². The molecule has 2 aliphatic rings. The molecule has 0 aromatic heterocycles. The predicted molar refractivity (Wildman–Crippen MR) is 102 cm³/mol. The van der Waals surface area contributed by atoms with Gasteiger partial charge in [0.25, 0.3) is 23.4 Å². The molecule has 4 rings (SSSR count). The number of nitrogens with zero attached hydrogens (tertiary/aromatic N) is 2. The molecule has 2 aromatic rings. The highest BCUT2D eigenvalue weighted by molar-refractivity contribution is 6.34. The molecule has 9 nitrogen and oxygen atoms in total. The highest BCUT2D eigenvalue weighted by Crippen LogP contribution is 2.31. The molecule has 148 valence electrons. The number of carbonyl (C=O) groups excluding carboxylic acids is 3. The number of nitro benzene ring substituents is 1. The summed E-state index contributed by atoms with van der Waals surface area (Å²) in [4.78, 5) is 49.1. The molecule has 0 radical (unpaired) electrons.